The van der Waals surface area contributed by atoms with E-state index in [2.05, 4.69) is 42.6 Å². The van der Waals surface area contributed by atoms with Crippen molar-refractivity contribution in [3.63, 3.8) is 0 Å². The van der Waals surface area contributed by atoms with Crippen molar-refractivity contribution in [3.05, 3.63) is 59.2 Å². The van der Waals surface area contributed by atoms with Gasteiger partial charge in [-0.1, -0.05) is 31.2 Å². The van der Waals surface area contributed by atoms with Crippen molar-refractivity contribution in [1.82, 2.24) is 0 Å². The summed E-state index contributed by atoms with van der Waals surface area (Å²) < 4.78 is 0. The van der Waals surface area contributed by atoms with Gasteiger partial charge >= 0.3 is 0 Å². The lowest BCUT2D eigenvalue weighted by molar-refractivity contribution is 1.04. The third-order valence-corrected chi connectivity index (χ3v) is 3.25. The highest BCUT2D eigenvalue weighted by Crippen LogP contribution is 2.18. The minimum absolute atomic E-state index is 0.842. The minimum Gasteiger partial charge on any atom is -0.399 e. The molecule has 0 bridgehead atoms. The van der Waals surface area contributed by atoms with Crippen LogP contribution in [0.4, 0.5) is 11.4 Å². The first-order valence-corrected chi connectivity index (χ1v) is 6.37. The Labute approximate surface area is 109 Å². The van der Waals surface area contributed by atoms with Crippen LogP contribution in [0.5, 0.6) is 0 Å². The number of benzene rings is 2. The Hall–Kier alpha value is -1.96. The van der Waals surface area contributed by atoms with Gasteiger partial charge in [0.05, 0.1) is 0 Å². The second-order valence-electron chi connectivity index (χ2n) is 4.55. The average Bonchev–Trinajstić information content (AvgIpc) is 2.40. The third-order valence-electron chi connectivity index (χ3n) is 3.25. The lowest BCUT2D eigenvalue weighted by atomic mass is 10.1. The molecule has 0 aromatic heterocycles. The average molecular weight is 240 g/mol. The van der Waals surface area contributed by atoms with E-state index in [0.717, 1.165) is 29.9 Å². The van der Waals surface area contributed by atoms with E-state index in [-0.39, 0.29) is 0 Å². The number of anilines is 2. The molecule has 94 valence electrons. The summed E-state index contributed by atoms with van der Waals surface area (Å²) in [5.41, 5.74) is 11.6. The smallest absolute Gasteiger partial charge is 0.0403 e. The van der Waals surface area contributed by atoms with Gasteiger partial charge in [-0.25, -0.2) is 0 Å². The van der Waals surface area contributed by atoms with E-state index < -0.39 is 0 Å². The number of rotatable bonds is 4. The van der Waals surface area contributed by atoms with Gasteiger partial charge in [-0.2, -0.15) is 0 Å². The maximum Gasteiger partial charge on any atom is 0.0403 e. The molecular weight excluding hydrogens is 220 g/mol. The normalized spacial score (nSPS) is 10.3. The molecule has 0 aliphatic carbocycles. The van der Waals surface area contributed by atoms with E-state index >= 15 is 0 Å². The van der Waals surface area contributed by atoms with Crippen LogP contribution in [0.25, 0.3) is 0 Å². The topological polar surface area (TPSA) is 38.0 Å². The number of nitrogen functional groups attached to an aromatic ring is 1. The zero-order valence-corrected chi connectivity index (χ0v) is 11.0. The molecule has 0 heterocycles. The summed E-state index contributed by atoms with van der Waals surface area (Å²) in [6, 6.07) is 14.6. The van der Waals surface area contributed by atoms with E-state index in [1.54, 1.807) is 0 Å². The van der Waals surface area contributed by atoms with Crippen LogP contribution in [0.3, 0.4) is 0 Å². The largest absolute Gasteiger partial charge is 0.399 e. The Morgan fingerprint density at radius 1 is 1.06 bits per heavy atom. The number of nitrogens with two attached hydrogens (primary N) is 1. The summed E-state index contributed by atoms with van der Waals surface area (Å²) in [6.07, 6.45) is 1.07. The highest BCUT2D eigenvalue weighted by Gasteiger charge is 2.00. The summed E-state index contributed by atoms with van der Waals surface area (Å²) in [4.78, 5) is 0. The van der Waals surface area contributed by atoms with Crippen LogP contribution < -0.4 is 11.1 Å². The molecule has 0 atom stereocenters. The van der Waals surface area contributed by atoms with Crippen LogP contribution in [0.15, 0.2) is 42.5 Å². The number of nitrogens with one attached hydrogen (secondary N) is 1. The molecule has 0 aliphatic heterocycles. The standard InChI is InChI=1S/C16H20N2/c1-3-13-6-4-5-7-14(13)11-18-15-8-9-16(17)12(2)10-15/h4-10,18H,3,11,17H2,1-2H3. The first kappa shape index (κ1) is 12.5. The van der Waals surface area contributed by atoms with Gasteiger partial charge in [0, 0.05) is 17.9 Å². The first-order valence-electron chi connectivity index (χ1n) is 6.37. The zero-order chi connectivity index (χ0) is 13.0. The van der Waals surface area contributed by atoms with E-state index in [4.69, 9.17) is 5.73 Å². The number of hydrogen-bond donors (Lipinski definition) is 2. The molecule has 0 amide bonds. The van der Waals surface area contributed by atoms with Gasteiger partial charge in [-0.3, -0.25) is 0 Å². The Morgan fingerprint density at radius 2 is 1.78 bits per heavy atom. The first-order chi connectivity index (χ1) is 8.70. The van der Waals surface area contributed by atoms with Gasteiger partial charge in [0.25, 0.3) is 0 Å². The maximum atomic E-state index is 5.81. The molecule has 0 fully saturated rings. The lowest BCUT2D eigenvalue weighted by Gasteiger charge is -2.11. The summed E-state index contributed by atoms with van der Waals surface area (Å²) in [5, 5.41) is 3.45. The van der Waals surface area contributed by atoms with E-state index in [0.29, 0.717) is 0 Å². The molecular formula is C16H20N2. The van der Waals surface area contributed by atoms with E-state index in [9.17, 15) is 0 Å². The second kappa shape index (κ2) is 5.58. The van der Waals surface area contributed by atoms with Crippen LogP contribution in [0.2, 0.25) is 0 Å². The predicted molar refractivity (Wildman–Crippen MR) is 78.7 cm³/mol. The van der Waals surface area contributed by atoms with Crippen LogP contribution in [-0.4, -0.2) is 0 Å². The van der Waals surface area contributed by atoms with Crippen LogP contribution in [0.1, 0.15) is 23.6 Å². The van der Waals surface area contributed by atoms with Crippen molar-refractivity contribution in [2.75, 3.05) is 11.1 Å². The Balaban J connectivity index is 2.09. The van der Waals surface area contributed by atoms with E-state index in [1.165, 1.54) is 11.1 Å². The minimum atomic E-state index is 0.842. The SMILES string of the molecule is CCc1ccccc1CNc1ccc(N)c(C)c1. The molecule has 0 aliphatic rings. The van der Waals surface area contributed by atoms with E-state index in [1.807, 2.05) is 19.1 Å². The molecule has 0 saturated heterocycles. The number of aryl methyl sites for hydroxylation is 2. The summed E-state index contributed by atoms with van der Waals surface area (Å²) in [5.74, 6) is 0. The maximum absolute atomic E-state index is 5.81. The summed E-state index contributed by atoms with van der Waals surface area (Å²) in [7, 11) is 0. The fourth-order valence-corrected chi connectivity index (χ4v) is 2.06. The molecule has 2 aromatic carbocycles. The predicted octanol–water partition coefficient (Wildman–Crippen LogP) is 3.75. The lowest BCUT2D eigenvalue weighted by Crippen LogP contribution is -2.03. The molecule has 0 unspecified atom stereocenters. The van der Waals surface area contributed by atoms with Crippen LogP contribution in [0, 0.1) is 6.92 Å². The van der Waals surface area contributed by atoms with Gasteiger partial charge in [-0.05, 0) is 48.2 Å². The Morgan fingerprint density at radius 3 is 2.44 bits per heavy atom. The highest BCUT2D eigenvalue weighted by atomic mass is 14.9. The molecule has 2 nitrogen and oxygen atoms in total. The summed E-state index contributed by atoms with van der Waals surface area (Å²) in [6.45, 7) is 5.07. The molecule has 18 heavy (non-hydrogen) atoms. The fraction of sp³-hybridized carbons (Fsp3) is 0.250. The molecule has 3 N–H and O–H groups in total. The molecule has 0 spiro atoms. The Bertz CT molecular complexity index is 532. The third kappa shape index (κ3) is 2.83. The van der Waals surface area contributed by atoms with Gasteiger partial charge in [0.15, 0.2) is 0 Å². The van der Waals surface area contributed by atoms with Gasteiger partial charge in [0.2, 0.25) is 0 Å². The van der Waals surface area contributed by atoms with Crippen molar-refractivity contribution in [3.8, 4) is 0 Å². The molecule has 2 rings (SSSR count). The molecule has 2 aromatic rings. The van der Waals surface area contributed by atoms with Crippen molar-refractivity contribution in [2.45, 2.75) is 26.8 Å². The van der Waals surface area contributed by atoms with Crippen LogP contribution >= 0.6 is 0 Å². The fourth-order valence-electron chi connectivity index (χ4n) is 2.06. The van der Waals surface area contributed by atoms with Crippen molar-refractivity contribution in [1.29, 1.82) is 0 Å². The zero-order valence-electron chi connectivity index (χ0n) is 11.0. The van der Waals surface area contributed by atoms with Crippen molar-refractivity contribution >= 4 is 11.4 Å². The van der Waals surface area contributed by atoms with Gasteiger partial charge < -0.3 is 11.1 Å². The molecule has 0 saturated carbocycles. The monoisotopic (exact) mass is 240 g/mol. The van der Waals surface area contributed by atoms with Crippen molar-refractivity contribution < 1.29 is 0 Å². The van der Waals surface area contributed by atoms with Crippen molar-refractivity contribution in [2.24, 2.45) is 0 Å². The molecule has 2 heteroatoms. The Kier molecular flexibility index (Phi) is 3.88. The van der Waals surface area contributed by atoms with Gasteiger partial charge in [-0.15, -0.1) is 0 Å². The summed E-state index contributed by atoms with van der Waals surface area (Å²) >= 11 is 0. The second-order valence-corrected chi connectivity index (χ2v) is 4.55. The quantitative estimate of drug-likeness (QED) is 0.799. The number of hydrogen-bond acceptors (Lipinski definition) is 2. The molecule has 0 radical (unpaired) electrons. The van der Waals surface area contributed by atoms with Gasteiger partial charge in [0.1, 0.15) is 0 Å². The highest BCUT2D eigenvalue weighted by molar-refractivity contribution is 5.56. The van der Waals surface area contributed by atoms with Crippen LogP contribution in [-0.2, 0) is 13.0 Å².